The lowest BCUT2D eigenvalue weighted by Gasteiger charge is -2.21. The smallest absolute Gasteiger partial charge is 0.256 e. The zero-order valence-corrected chi connectivity index (χ0v) is 21.2. The molecule has 0 saturated carbocycles. The molecule has 0 unspecified atom stereocenters. The van der Waals surface area contributed by atoms with Crippen LogP contribution in [0.4, 0.5) is 17.5 Å². The van der Waals surface area contributed by atoms with Crippen LogP contribution in [-0.2, 0) is 6.42 Å². The number of nitrogens with one attached hydrogen (secondary N) is 3. The third-order valence-electron chi connectivity index (χ3n) is 6.64. The molecule has 0 spiro atoms. The number of aryl methyl sites for hydroxylation is 1. The molecule has 0 bridgehead atoms. The van der Waals surface area contributed by atoms with E-state index in [2.05, 4.69) is 50.9 Å². The summed E-state index contributed by atoms with van der Waals surface area (Å²) < 4.78 is 1.97. The number of carbonyl (C=O) groups is 1. The van der Waals surface area contributed by atoms with Gasteiger partial charge in [0.15, 0.2) is 0 Å². The number of nitrogens with two attached hydrogens (primary N) is 1. The Morgan fingerprint density at radius 1 is 1.24 bits per heavy atom. The number of fused-ring (bicyclic) bond motifs is 2. The second-order valence-electron chi connectivity index (χ2n) is 9.63. The Hall–Kier alpha value is -4.02. The lowest BCUT2D eigenvalue weighted by atomic mass is 10.1. The van der Waals surface area contributed by atoms with Crippen molar-refractivity contribution in [2.45, 2.75) is 45.4 Å². The third-order valence-corrected chi connectivity index (χ3v) is 6.64. The van der Waals surface area contributed by atoms with Gasteiger partial charge in [0.2, 0.25) is 5.95 Å². The summed E-state index contributed by atoms with van der Waals surface area (Å²) in [6.45, 7) is 6.83. The van der Waals surface area contributed by atoms with Crippen molar-refractivity contribution in [1.29, 1.82) is 0 Å². The molecule has 10 nitrogen and oxygen atoms in total. The van der Waals surface area contributed by atoms with Crippen LogP contribution in [0.2, 0.25) is 0 Å². The van der Waals surface area contributed by atoms with Crippen LogP contribution in [0, 0.1) is 6.92 Å². The highest BCUT2D eigenvalue weighted by Crippen LogP contribution is 2.35. The zero-order chi connectivity index (χ0) is 26.1. The summed E-state index contributed by atoms with van der Waals surface area (Å²) in [6, 6.07) is 11.8. The van der Waals surface area contributed by atoms with Crippen molar-refractivity contribution in [3.05, 3.63) is 71.0 Å². The zero-order valence-electron chi connectivity index (χ0n) is 21.2. The Labute approximate surface area is 215 Å². The van der Waals surface area contributed by atoms with Crippen molar-refractivity contribution >= 4 is 34.3 Å². The molecule has 0 fully saturated rings. The van der Waals surface area contributed by atoms with E-state index in [9.17, 15) is 9.90 Å². The van der Waals surface area contributed by atoms with Gasteiger partial charge in [0.1, 0.15) is 11.4 Å². The summed E-state index contributed by atoms with van der Waals surface area (Å²) in [6.07, 6.45) is 3.24. The van der Waals surface area contributed by atoms with Crippen LogP contribution in [0.15, 0.2) is 48.8 Å². The number of carbonyl (C=O) groups excluding carboxylic acids is 1. The van der Waals surface area contributed by atoms with Crippen LogP contribution in [-0.4, -0.2) is 50.0 Å². The second kappa shape index (κ2) is 10.2. The van der Waals surface area contributed by atoms with Crippen molar-refractivity contribution in [1.82, 2.24) is 25.1 Å². The maximum atomic E-state index is 12.9. The third kappa shape index (κ3) is 4.85. The van der Waals surface area contributed by atoms with Gasteiger partial charge >= 0.3 is 0 Å². The van der Waals surface area contributed by atoms with Gasteiger partial charge in [-0.1, -0.05) is 24.3 Å². The van der Waals surface area contributed by atoms with Crippen molar-refractivity contribution in [3.8, 4) is 0 Å². The monoisotopic (exact) mass is 500 g/mol. The minimum Gasteiger partial charge on any atom is -0.390 e. The molecule has 192 valence electrons. The van der Waals surface area contributed by atoms with Crippen LogP contribution in [0.5, 0.6) is 0 Å². The normalized spacial score (nSPS) is 16.7. The number of hydrogen-bond donors (Lipinski definition) is 5. The molecule has 0 radical (unpaired) electrons. The predicted octanol–water partition coefficient (Wildman–Crippen LogP) is 3.22. The summed E-state index contributed by atoms with van der Waals surface area (Å²) >= 11 is 0. The highest BCUT2D eigenvalue weighted by atomic mass is 16.3. The van der Waals surface area contributed by atoms with E-state index in [4.69, 9.17) is 5.73 Å². The average molecular weight is 501 g/mol. The van der Waals surface area contributed by atoms with Crippen LogP contribution in [0.3, 0.4) is 0 Å². The molecule has 0 saturated heterocycles. The fraction of sp³-hybridized carbons (Fsp3) is 0.333. The first-order valence-corrected chi connectivity index (χ1v) is 12.5. The first-order valence-electron chi connectivity index (χ1n) is 12.5. The van der Waals surface area contributed by atoms with E-state index in [0.717, 1.165) is 33.3 Å². The topological polar surface area (TPSA) is 143 Å². The van der Waals surface area contributed by atoms with E-state index in [1.165, 1.54) is 6.20 Å². The average Bonchev–Trinajstić information content (AvgIpc) is 3.43. The quantitative estimate of drug-likeness (QED) is 0.248. The van der Waals surface area contributed by atoms with Crippen molar-refractivity contribution in [3.63, 3.8) is 0 Å². The van der Waals surface area contributed by atoms with Crippen molar-refractivity contribution < 1.29 is 9.90 Å². The number of anilines is 3. The first kappa shape index (κ1) is 24.7. The minimum absolute atomic E-state index is 0.215. The number of rotatable bonds is 8. The molecule has 1 aliphatic carbocycles. The highest BCUT2D eigenvalue weighted by Gasteiger charge is 2.32. The number of aromatic nitrogens is 4. The van der Waals surface area contributed by atoms with Gasteiger partial charge in [-0.15, -0.1) is 0 Å². The lowest BCUT2D eigenvalue weighted by molar-refractivity contribution is 0.0954. The largest absolute Gasteiger partial charge is 0.390 e. The summed E-state index contributed by atoms with van der Waals surface area (Å²) in [4.78, 5) is 22.0. The molecule has 1 aliphatic rings. The van der Waals surface area contributed by atoms with Gasteiger partial charge in [-0.3, -0.25) is 9.48 Å². The minimum atomic E-state index is -0.648. The SMILES string of the molecule is Cc1cc2cnn(C(C)C)c2cc1Nc1ncc(C(=O)NCCN)c(N[C@H]2c3ccccc3C[C@H]2O)n1. The molecule has 2 heterocycles. The lowest BCUT2D eigenvalue weighted by Crippen LogP contribution is -2.31. The maximum Gasteiger partial charge on any atom is 0.256 e. The molecule has 1 amide bonds. The van der Waals surface area contributed by atoms with E-state index in [1.807, 2.05) is 48.1 Å². The molecule has 2 atom stereocenters. The van der Waals surface area contributed by atoms with Crippen LogP contribution in [0.25, 0.3) is 10.9 Å². The number of aliphatic hydroxyl groups is 1. The molecule has 5 rings (SSSR count). The van der Waals surface area contributed by atoms with Crippen LogP contribution >= 0.6 is 0 Å². The van der Waals surface area contributed by atoms with E-state index >= 15 is 0 Å². The number of aliphatic hydroxyl groups excluding tert-OH is 1. The summed E-state index contributed by atoms with van der Waals surface area (Å²) in [7, 11) is 0. The highest BCUT2D eigenvalue weighted by molar-refractivity contribution is 5.98. The molecule has 2 aromatic carbocycles. The number of nitrogens with zero attached hydrogens (tertiary/aromatic N) is 4. The molecule has 0 aliphatic heterocycles. The maximum absolute atomic E-state index is 12.9. The molecular formula is C27H32N8O2. The fourth-order valence-electron chi connectivity index (χ4n) is 4.77. The predicted molar refractivity (Wildman–Crippen MR) is 144 cm³/mol. The van der Waals surface area contributed by atoms with Crippen LogP contribution in [0.1, 0.15) is 53.0 Å². The molecule has 10 heteroatoms. The van der Waals surface area contributed by atoms with E-state index in [-0.39, 0.29) is 17.5 Å². The van der Waals surface area contributed by atoms with Gasteiger partial charge in [-0.05, 0) is 49.6 Å². The Morgan fingerprint density at radius 3 is 2.84 bits per heavy atom. The molecule has 37 heavy (non-hydrogen) atoms. The second-order valence-corrected chi connectivity index (χ2v) is 9.63. The van der Waals surface area contributed by atoms with Gasteiger partial charge < -0.3 is 26.8 Å². The number of amides is 1. The Morgan fingerprint density at radius 2 is 2.05 bits per heavy atom. The summed E-state index contributed by atoms with van der Waals surface area (Å²) in [5.41, 5.74) is 10.8. The van der Waals surface area contributed by atoms with Gasteiger partial charge in [-0.2, -0.15) is 10.1 Å². The Balaban J connectivity index is 1.50. The van der Waals surface area contributed by atoms with Gasteiger partial charge in [0, 0.05) is 42.8 Å². The standard InChI is InChI=1S/C27H32N8O2/c1-15(2)35-22-12-21(16(3)10-18(22)13-31-35)32-27-30-14-20(26(37)29-9-8-28)25(34-27)33-24-19-7-5-4-6-17(19)11-23(24)36/h4-7,10,12-15,23-24,36H,8-9,11,28H2,1-3H3,(H,29,37)(H2,30,32,33,34)/t23-,24+/m1/s1. The van der Waals surface area contributed by atoms with Crippen molar-refractivity contribution in [2.24, 2.45) is 5.73 Å². The van der Waals surface area contributed by atoms with E-state index < -0.39 is 12.1 Å². The van der Waals surface area contributed by atoms with Crippen LogP contribution < -0.4 is 21.7 Å². The van der Waals surface area contributed by atoms with Gasteiger partial charge in [-0.25, -0.2) is 4.98 Å². The summed E-state index contributed by atoms with van der Waals surface area (Å²) in [5.74, 6) is 0.328. The first-order chi connectivity index (χ1) is 17.9. The van der Waals surface area contributed by atoms with E-state index in [0.29, 0.717) is 31.3 Å². The Kier molecular flexibility index (Phi) is 6.77. The van der Waals surface area contributed by atoms with Gasteiger partial charge in [0.25, 0.3) is 5.91 Å². The van der Waals surface area contributed by atoms with Crippen molar-refractivity contribution in [2.75, 3.05) is 23.7 Å². The molecule has 4 aromatic rings. The molecule has 6 N–H and O–H groups in total. The fourth-order valence-corrected chi connectivity index (χ4v) is 4.77. The molecular weight excluding hydrogens is 468 g/mol. The number of hydrogen-bond acceptors (Lipinski definition) is 8. The summed E-state index contributed by atoms with van der Waals surface area (Å²) in [5, 5.41) is 25.8. The molecule has 2 aromatic heterocycles. The van der Waals surface area contributed by atoms with E-state index in [1.54, 1.807) is 0 Å². The van der Waals surface area contributed by atoms with Gasteiger partial charge in [0.05, 0.1) is 23.9 Å². The number of benzene rings is 2. The Bertz CT molecular complexity index is 1450.